The van der Waals surface area contributed by atoms with Crippen LogP contribution in [0.5, 0.6) is 5.75 Å². The predicted octanol–water partition coefficient (Wildman–Crippen LogP) is 4.79. The van der Waals surface area contributed by atoms with Crippen LogP contribution >= 0.6 is 0 Å². The third-order valence-electron chi connectivity index (χ3n) is 4.76. The van der Waals surface area contributed by atoms with Gasteiger partial charge in [0, 0.05) is 17.7 Å². The molecule has 2 heterocycles. The summed E-state index contributed by atoms with van der Waals surface area (Å²) in [5.74, 6) is -3.00. The molecule has 0 fully saturated rings. The molecule has 0 aliphatic carbocycles. The van der Waals surface area contributed by atoms with Crippen LogP contribution in [-0.2, 0) is 6.54 Å². The highest BCUT2D eigenvalue weighted by molar-refractivity contribution is 5.75. The Morgan fingerprint density at radius 1 is 0.933 bits per heavy atom. The highest BCUT2D eigenvalue weighted by atomic mass is 19.1. The van der Waals surface area contributed by atoms with Crippen molar-refractivity contribution in [1.82, 2.24) is 19.7 Å². The van der Waals surface area contributed by atoms with Crippen LogP contribution < -0.4 is 0 Å². The van der Waals surface area contributed by atoms with Crippen LogP contribution in [0.2, 0.25) is 0 Å². The molecule has 0 atom stereocenters. The maximum atomic E-state index is 13.6. The van der Waals surface area contributed by atoms with E-state index < -0.39 is 17.4 Å². The van der Waals surface area contributed by atoms with Crippen LogP contribution in [0, 0.1) is 11.6 Å². The molecule has 8 heteroatoms. The molecule has 148 valence electrons. The number of phenols is 1. The third-order valence-corrected chi connectivity index (χ3v) is 4.76. The molecule has 2 aromatic heterocycles. The fourth-order valence-electron chi connectivity index (χ4n) is 3.29. The molecule has 5 aromatic rings. The summed E-state index contributed by atoms with van der Waals surface area (Å²) in [4.78, 5) is 8.64. The quantitative estimate of drug-likeness (QED) is 0.466. The van der Waals surface area contributed by atoms with E-state index in [0.29, 0.717) is 12.1 Å². The Morgan fingerprint density at radius 2 is 1.73 bits per heavy atom. The van der Waals surface area contributed by atoms with Gasteiger partial charge in [-0.3, -0.25) is 0 Å². The topological polar surface area (TPSA) is 77.0 Å². The van der Waals surface area contributed by atoms with Crippen molar-refractivity contribution in [3.05, 3.63) is 84.2 Å². The molecule has 1 N–H and O–H groups in total. The molecule has 0 aliphatic rings. The number of para-hydroxylation sites is 2. The van der Waals surface area contributed by atoms with E-state index in [2.05, 4.69) is 15.1 Å². The summed E-state index contributed by atoms with van der Waals surface area (Å²) < 4.78 is 34.4. The second kappa shape index (κ2) is 7.07. The molecule has 0 aliphatic heterocycles. The molecule has 0 bridgehead atoms. The summed E-state index contributed by atoms with van der Waals surface area (Å²) >= 11 is 0. The summed E-state index contributed by atoms with van der Waals surface area (Å²) in [5.41, 5.74) is 3.70. The maximum Gasteiger partial charge on any atom is 0.258 e. The van der Waals surface area contributed by atoms with Gasteiger partial charge in [-0.05, 0) is 35.9 Å². The first-order valence-corrected chi connectivity index (χ1v) is 9.10. The number of halogens is 2. The summed E-state index contributed by atoms with van der Waals surface area (Å²) in [7, 11) is 0. The molecule has 30 heavy (non-hydrogen) atoms. The van der Waals surface area contributed by atoms with Crippen LogP contribution in [0.15, 0.2) is 71.5 Å². The SMILES string of the molecule is Oc1c(F)cc(-c2nc(-c3cccc(Cn4cnc5ccccc54)c3)no2)cc1F. The first-order chi connectivity index (χ1) is 14.6. The Bertz CT molecular complexity index is 1350. The summed E-state index contributed by atoms with van der Waals surface area (Å²) in [6.45, 7) is 0.605. The van der Waals surface area contributed by atoms with E-state index in [0.717, 1.165) is 28.7 Å². The summed E-state index contributed by atoms with van der Waals surface area (Å²) in [5, 5.41) is 13.2. The normalized spacial score (nSPS) is 11.3. The number of hydrogen-bond acceptors (Lipinski definition) is 5. The van der Waals surface area contributed by atoms with Gasteiger partial charge in [-0.1, -0.05) is 35.5 Å². The lowest BCUT2D eigenvalue weighted by atomic mass is 10.1. The Morgan fingerprint density at radius 3 is 2.57 bits per heavy atom. The van der Waals surface area contributed by atoms with Crippen molar-refractivity contribution < 1.29 is 18.4 Å². The van der Waals surface area contributed by atoms with E-state index in [-0.39, 0.29) is 17.3 Å². The van der Waals surface area contributed by atoms with E-state index >= 15 is 0 Å². The van der Waals surface area contributed by atoms with Gasteiger partial charge in [0.25, 0.3) is 5.89 Å². The van der Waals surface area contributed by atoms with Gasteiger partial charge in [0.05, 0.1) is 17.4 Å². The maximum absolute atomic E-state index is 13.6. The van der Waals surface area contributed by atoms with E-state index in [1.807, 2.05) is 53.1 Å². The Labute approximate surface area is 169 Å². The highest BCUT2D eigenvalue weighted by Crippen LogP contribution is 2.28. The molecule has 0 amide bonds. The van der Waals surface area contributed by atoms with E-state index in [9.17, 15) is 13.9 Å². The van der Waals surface area contributed by atoms with E-state index in [1.54, 1.807) is 6.33 Å². The largest absolute Gasteiger partial charge is 0.503 e. The van der Waals surface area contributed by atoms with E-state index in [1.165, 1.54) is 0 Å². The fraction of sp³-hybridized carbons (Fsp3) is 0.0455. The number of aromatic nitrogens is 4. The first kappa shape index (κ1) is 18.0. The van der Waals surface area contributed by atoms with Crippen molar-refractivity contribution >= 4 is 11.0 Å². The van der Waals surface area contributed by atoms with Crippen LogP contribution in [0.4, 0.5) is 8.78 Å². The van der Waals surface area contributed by atoms with Crippen molar-refractivity contribution in [1.29, 1.82) is 0 Å². The average Bonchev–Trinajstić information content (AvgIpc) is 3.40. The molecule has 0 saturated carbocycles. The van der Waals surface area contributed by atoms with Crippen LogP contribution in [0.3, 0.4) is 0 Å². The van der Waals surface area contributed by atoms with Gasteiger partial charge in [0.2, 0.25) is 5.82 Å². The lowest BCUT2D eigenvalue weighted by Crippen LogP contribution is -1.98. The minimum absolute atomic E-state index is 0.0441. The number of imidazole rings is 1. The van der Waals surface area contributed by atoms with Gasteiger partial charge in [-0.15, -0.1) is 0 Å². The highest BCUT2D eigenvalue weighted by Gasteiger charge is 2.16. The third kappa shape index (κ3) is 3.18. The standard InChI is InChI=1S/C22H14F2N4O2/c23-16-9-15(10-17(24)20(16)29)22-26-21(27-30-22)14-5-3-4-13(8-14)11-28-12-25-18-6-1-2-7-19(18)28/h1-10,12,29H,11H2. The Kier molecular flexibility index (Phi) is 4.24. The number of hydrogen-bond donors (Lipinski definition) is 1. The van der Waals surface area contributed by atoms with Gasteiger partial charge in [0.15, 0.2) is 17.4 Å². The van der Waals surface area contributed by atoms with Crippen LogP contribution in [-0.4, -0.2) is 24.8 Å². The van der Waals surface area contributed by atoms with Crippen molar-refractivity contribution in [3.8, 4) is 28.6 Å². The van der Waals surface area contributed by atoms with Crippen LogP contribution in [0.25, 0.3) is 33.9 Å². The zero-order valence-electron chi connectivity index (χ0n) is 15.5. The number of rotatable bonds is 4. The molecule has 0 radical (unpaired) electrons. The Hall–Kier alpha value is -4.07. The van der Waals surface area contributed by atoms with E-state index in [4.69, 9.17) is 4.52 Å². The van der Waals surface area contributed by atoms with Crippen molar-refractivity contribution in [2.24, 2.45) is 0 Å². The molecular weight excluding hydrogens is 390 g/mol. The molecule has 6 nitrogen and oxygen atoms in total. The minimum atomic E-state index is -1.10. The van der Waals surface area contributed by atoms with Gasteiger partial charge < -0.3 is 14.2 Å². The second-order valence-corrected chi connectivity index (χ2v) is 6.77. The molecular formula is C22H14F2N4O2. The monoisotopic (exact) mass is 404 g/mol. The Balaban J connectivity index is 1.45. The molecule has 3 aromatic carbocycles. The van der Waals surface area contributed by atoms with Crippen molar-refractivity contribution in [2.45, 2.75) is 6.54 Å². The number of aromatic hydroxyl groups is 1. The van der Waals surface area contributed by atoms with Crippen molar-refractivity contribution in [2.75, 3.05) is 0 Å². The van der Waals surface area contributed by atoms with Gasteiger partial charge >= 0.3 is 0 Å². The lowest BCUT2D eigenvalue weighted by Gasteiger charge is -2.05. The fourth-order valence-corrected chi connectivity index (χ4v) is 3.29. The number of benzene rings is 3. The number of nitrogens with zero attached hydrogens (tertiary/aromatic N) is 4. The number of phenolic OH excluding ortho intramolecular Hbond substituents is 1. The predicted molar refractivity (Wildman–Crippen MR) is 106 cm³/mol. The van der Waals surface area contributed by atoms with Crippen LogP contribution in [0.1, 0.15) is 5.56 Å². The summed E-state index contributed by atoms with van der Waals surface area (Å²) in [6.07, 6.45) is 1.79. The molecule has 5 rings (SSSR count). The lowest BCUT2D eigenvalue weighted by molar-refractivity contribution is 0.395. The number of fused-ring (bicyclic) bond motifs is 1. The average molecular weight is 404 g/mol. The smallest absolute Gasteiger partial charge is 0.258 e. The second-order valence-electron chi connectivity index (χ2n) is 6.77. The molecule has 0 saturated heterocycles. The molecule has 0 spiro atoms. The molecule has 0 unspecified atom stereocenters. The first-order valence-electron chi connectivity index (χ1n) is 9.10. The van der Waals surface area contributed by atoms with Crippen molar-refractivity contribution in [3.63, 3.8) is 0 Å². The van der Waals surface area contributed by atoms with Gasteiger partial charge in [-0.2, -0.15) is 4.98 Å². The van der Waals surface area contributed by atoms with Gasteiger partial charge in [0.1, 0.15) is 0 Å². The zero-order chi connectivity index (χ0) is 20.7. The summed E-state index contributed by atoms with van der Waals surface area (Å²) in [6, 6.07) is 17.3. The van der Waals surface area contributed by atoms with Gasteiger partial charge in [-0.25, -0.2) is 13.8 Å². The minimum Gasteiger partial charge on any atom is -0.503 e. The zero-order valence-corrected chi connectivity index (χ0v) is 15.5.